The molecule has 0 aromatic carbocycles. The maximum Gasteiger partial charge on any atom is 0.133 e. The minimum Gasteiger partial charge on any atom is -0.116 e. The van der Waals surface area contributed by atoms with Crippen molar-refractivity contribution in [1.82, 2.24) is 0 Å². The minimum atomic E-state index is -0.719. The second-order valence-corrected chi connectivity index (χ2v) is 5.63. The molecular weight excluding hydrogens is 297 g/mol. The van der Waals surface area contributed by atoms with Crippen LogP contribution in [0.25, 0.3) is 0 Å². The van der Waals surface area contributed by atoms with Crippen molar-refractivity contribution in [2.45, 2.75) is 22.0 Å². The third kappa shape index (κ3) is 5.51. The molecule has 86 valence electrons. The fraction of sp³-hybridized carbons (Fsp3) is 0.400. The Morgan fingerprint density at radius 3 is 2.20 bits per heavy atom. The highest BCUT2D eigenvalue weighted by Gasteiger charge is 2.24. The average molecular weight is 308 g/mol. The molecule has 0 fully saturated rings. The van der Waals surface area contributed by atoms with Gasteiger partial charge in [-0.3, -0.25) is 0 Å². The molecule has 0 aromatic heterocycles. The van der Waals surface area contributed by atoms with Crippen LogP contribution in [-0.2, 0) is 0 Å². The first-order valence-electron chi connectivity index (χ1n) is 4.08. The Morgan fingerprint density at radius 1 is 1.33 bits per heavy atom. The molecule has 0 amide bonds. The smallest absolute Gasteiger partial charge is 0.116 e. The van der Waals surface area contributed by atoms with Crippen LogP contribution in [0.15, 0.2) is 35.9 Å². The van der Waals surface area contributed by atoms with Gasteiger partial charge in [0.1, 0.15) is 4.84 Å². The highest BCUT2D eigenvalue weighted by atomic mass is 35.5. The molecule has 0 rings (SSSR count). The molecule has 0 aromatic rings. The summed E-state index contributed by atoms with van der Waals surface area (Å²) in [4.78, 5) is -1.41. The molecule has 0 N–H and O–H groups in total. The van der Waals surface area contributed by atoms with Gasteiger partial charge in [0.15, 0.2) is 0 Å². The van der Waals surface area contributed by atoms with E-state index in [0.717, 1.165) is 0 Å². The minimum absolute atomic E-state index is 0.421. The Balaban J connectivity index is 4.60. The number of alkyl halides is 4. The quantitative estimate of drug-likeness (QED) is 0.369. The molecule has 0 unspecified atom stereocenters. The second kappa shape index (κ2) is 7.09. The van der Waals surface area contributed by atoms with Gasteiger partial charge in [-0.1, -0.05) is 29.8 Å². The van der Waals surface area contributed by atoms with Gasteiger partial charge in [0.05, 0.1) is 10.3 Å². The van der Waals surface area contributed by atoms with Gasteiger partial charge in [0, 0.05) is 5.54 Å². The maximum atomic E-state index is 6.06. The molecule has 0 spiro atoms. The van der Waals surface area contributed by atoms with E-state index in [9.17, 15) is 0 Å². The number of rotatable bonds is 5. The van der Waals surface area contributed by atoms with E-state index in [0.29, 0.717) is 5.57 Å². The van der Waals surface area contributed by atoms with E-state index in [1.54, 1.807) is 25.2 Å². The average Bonchev–Trinajstić information content (AvgIpc) is 2.17. The summed E-state index contributed by atoms with van der Waals surface area (Å²) in [6.45, 7) is 5.35. The molecule has 2 atom stereocenters. The summed E-state index contributed by atoms with van der Waals surface area (Å²) in [7, 11) is 0. The van der Waals surface area contributed by atoms with Crippen LogP contribution < -0.4 is 0 Å². The molecule has 5 heteroatoms. The Morgan fingerprint density at radius 2 is 1.87 bits per heavy atom. The van der Waals surface area contributed by atoms with Crippen molar-refractivity contribution in [2.75, 3.05) is 0 Å². The predicted molar refractivity (Wildman–Crippen MR) is 72.7 cm³/mol. The fourth-order valence-corrected chi connectivity index (χ4v) is 1.49. The SMILES string of the molecule is C=C[C@@](C)(Cl)[C@@H](Cl)/C=C/C(=C\Cl)C(Cl)Cl. The van der Waals surface area contributed by atoms with E-state index in [1.165, 1.54) is 5.54 Å². The first-order valence-corrected chi connectivity index (χ1v) is 6.20. The van der Waals surface area contributed by atoms with Gasteiger partial charge in [0.25, 0.3) is 0 Å². The van der Waals surface area contributed by atoms with Crippen molar-refractivity contribution in [2.24, 2.45) is 0 Å². The van der Waals surface area contributed by atoms with Crippen LogP contribution >= 0.6 is 58.0 Å². The van der Waals surface area contributed by atoms with Crippen LogP contribution in [0.4, 0.5) is 0 Å². The van der Waals surface area contributed by atoms with Gasteiger partial charge in [-0.05, 0) is 12.5 Å². The Labute approximate surface area is 115 Å². The van der Waals surface area contributed by atoms with E-state index in [-0.39, 0.29) is 0 Å². The Kier molecular flexibility index (Phi) is 7.40. The summed E-state index contributed by atoms with van der Waals surface area (Å²) >= 11 is 28.9. The molecule has 0 heterocycles. The molecule has 15 heavy (non-hydrogen) atoms. The van der Waals surface area contributed by atoms with E-state index >= 15 is 0 Å². The lowest BCUT2D eigenvalue weighted by Crippen LogP contribution is -2.24. The number of halogens is 5. The van der Waals surface area contributed by atoms with E-state index in [2.05, 4.69) is 6.58 Å². The molecule has 0 aliphatic rings. The molecule has 0 radical (unpaired) electrons. The standard InChI is InChI=1S/C10H11Cl5/c1-3-10(2,15)8(12)5-4-7(6-11)9(13)14/h3-6,8-9H,1H2,2H3/b5-4+,7-6+/t8-,10+/m0/s1. The topological polar surface area (TPSA) is 0 Å². The fourth-order valence-electron chi connectivity index (χ4n) is 0.653. The summed E-state index contributed by atoms with van der Waals surface area (Å²) in [5.74, 6) is 0. The van der Waals surface area contributed by atoms with E-state index in [4.69, 9.17) is 58.0 Å². The molecule has 0 aliphatic heterocycles. The third-order valence-corrected chi connectivity index (χ3v) is 3.63. The number of hydrogen-bond donors (Lipinski definition) is 0. The van der Waals surface area contributed by atoms with Gasteiger partial charge in [-0.2, -0.15) is 0 Å². The molecular formula is C10H11Cl5. The summed E-state index contributed by atoms with van der Waals surface area (Å²) in [6.07, 6.45) is 4.88. The van der Waals surface area contributed by atoms with Crippen molar-refractivity contribution in [3.8, 4) is 0 Å². The van der Waals surface area contributed by atoms with Crippen LogP contribution in [-0.4, -0.2) is 15.1 Å². The molecule has 0 saturated carbocycles. The van der Waals surface area contributed by atoms with Crippen molar-refractivity contribution in [1.29, 1.82) is 0 Å². The van der Waals surface area contributed by atoms with Gasteiger partial charge < -0.3 is 0 Å². The lowest BCUT2D eigenvalue weighted by Gasteiger charge is -2.20. The van der Waals surface area contributed by atoms with E-state index < -0.39 is 15.1 Å². The van der Waals surface area contributed by atoms with Gasteiger partial charge in [-0.15, -0.1) is 53.0 Å². The molecule has 0 saturated heterocycles. The van der Waals surface area contributed by atoms with Gasteiger partial charge >= 0.3 is 0 Å². The monoisotopic (exact) mass is 306 g/mol. The van der Waals surface area contributed by atoms with Gasteiger partial charge in [-0.25, -0.2) is 0 Å². The lowest BCUT2D eigenvalue weighted by molar-refractivity contribution is 0.801. The summed E-state index contributed by atoms with van der Waals surface area (Å²) in [5.41, 5.74) is 1.85. The van der Waals surface area contributed by atoms with Crippen LogP contribution in [0.5, 0.6) is 0 Å². The van der Waals surface area contributed by atoms with Crippen LogP contribution in [0.2, 0.25) is 0 Å². The summed E-state index contributed by atoms with van der Waals surface area (Å²) < 4.78 is 0. The lowest BCUT2D eigenvalue weighted by atomic mass is 10.1. The van der Waals surface area contributed by atoms with Crippen LogP contribution in [0, 0.1) is 0 Å². The Hall–Kier alpha value is 0.670. The number of allylic oxidation sites excluding steroid dienone is 4. The Bertz CT molecular complexity index is 265. The second-order valence-electron chi connectivity index (χ2n) is 3.03. The van der Waals surface area contributed by atoms with Crippen molar-refractivity contribution >= 4 is 58.0 Å². The zero-order valence-electron chi connectivity index (χ0n) is 8.06. The maximum absolute atomic E-state index is 6.06. The first kappa shape index (κ1) is 15.7. The zero-order valence-corrected chi connectivity index (χ0v) is 11.8. The van der Waals surface area contributed by atoms with E-state index in [1.807, 2.05) is 0 Å². The summed E-state index contributed by atoms with van der Waals surface area (Å²) in [6, 6.07) is 0. The highest BCUT2D eigenvalue weighted by Crippen LogP contribution is 2.27. The zero-order chi connectivity index (χ0) is 12.1. The molecule has 0 nitrogen and oxygen atoms in total. The normalized spacial score (nSPS) is 19.3. The van der Waals surface area contributed by atoms with Crippen molar-refractivity contribution < 1.29 is 0 Å². The summed E-state index contributed by atoms with van der Waals surface area (Å²) in [5, 5.41) is -0.421. The first-order chi connectivity index (χ1) is 6.85. The van der Waals surface area contributed by atoms with Crippen molar-refractivity contribution in [3.05, 3.63) is 35.9 Å². The highest BCUT2D eigenvalue weighted by molar-refractivity contribution is 6.47. The van der Waals surface area contributed by atoms with Crippen LogP contribution in [0.3, 0.4) is 0 Å². The predicted octanol–water partition coefficient (Wildman–Crippen LogP) is 5.26. The van der Waals surface area contributed by atoms with Crippen molar-refractivity contribution in [3.63, 3.8) is 0 Å². The molecule has 0 aliphatic carbocycles. The van der Waals surface area contributed by atoms with Gasteiger partial charge in [0.2, 0.25) is 0 Å². The largest absolute Gasteiger partial charge is 0.133 e. The third-order valence-electron chi connectivity index (χ3n) is 1.77. The molecule has 0 bridgehead atoms. The number of hydrogen-bond acceptors (Lipinski definition) is 0. The van der Waals surface area contributed by atoms with Crippen LogP contribution in [0.1, 0.15) is 6.92 Å².